The summed E-state index contributed by atoms with van der Waals surface area (Å²) in [6.07, 6.45) is 1.19. The Morgan fingerprint density at radius 1 is 1.42 bits per heavy atom. The standard InChI is InChI=1S/C17H21N3O3S/c1-2-20(24-12-14-8-4-3-7-13(14)11-18)16(21)15-9-5-6-10-19(15)17(22)23/h3-4,7-8,15H,2,5-6,9-10,12H2,1H3,(H,22,23). The van der Waals surface area contributed by atoms with Gasteiger partial charge in [-0.05, 0) is 49.8 Å². The minimum Gasteiger partial charge on any atom is -0.465 e. The number of hydrogen-bond acceptors (Lipinski definition) is 4. The Kier molecular flexibility index (Phi) is 6.50. The Morgan fingerprint density at radius 2 is 2.17 bits per heavy atom. The van der Waals surface area contributed by atoms with Gasteiger partial charge in [0.05, 0.1) is 11.6 Å². The monoisotopic (exact) mass is 347 g/mol. The molecule has 2 rings (SSSR count). The van der Waals surface area contributed by atoms with Crippen LogP contribution in [-0.2, 0) is 10.5 Å². The Labute approximate surface area is 146 Å². The molecule has 1 unspecified atom stereocenters. The lowest BCUT2D eigenvalue weighted by atomic mass is 10.0. The van der Waals surface area contributed by atoms with Crippen LogP contribution in [0.3, 0.4) is 0 Å². The minimum atomic E-state index is -1.04. The van der Waals surface area contributed by atoms with Gasteiger partial charge in [0.1, 0.15) is 6.04 Å². The van der Waals surface area contributed by atoms with Crippen LogP contribution in [0, 0.1) is 11.3 Å². The molecule has 0 radical (unpaired) electrons. The number of carbonyl (C=O) groups is 2. The fourth-order valence-electron chi connectivity index (χ4n) is 2.80. The van der Waals surface area contributed by atoms with Crippen molar-refractivity contribution in [2.45, 2.75) is 38.0 Å². The summed E-state index contributed by atoms with van der Waals surface area (Å²) in [4.78, 5) is 25.4. The van der Waals surface area contributed by atoms with E-state index in [0.29, 0.717) is 30.8 Å². The third kappa shape index (κ3) is 4.20. The van der Waals surface area contributed by atoms with Gasteiger partial charge in [-0.3, -0.25) is 14.0 Å². The number of likely N-dealkylation sites (N-methyl/N-ethyl adjacent to an activating group) is 1. The van der Waals surface area contributed by atoms with Crippen molar-refractivity contribution in [3.63, 3.8) is 0 Å². The number of likely N-dealkylation sites (tertiary alicyclic amines) is 1. The second kappa shape index (κ2) is 8.60. The smallest absolute Gasteiger partial charge is 0.407 e. The zero-order chi connectivity index (χ0) is 17.5. The SMILES string of the molecule is CCN(SCc1ccccc1C#N)C(=O)C1CCCCN1C(=O)O. The molecule has 1 fully saturated rings. The molecule has 1 aromatic rings. The average Bonchev–Trinajstić information content (AvgIpc) is 2.62. The van der Waals surface area contributed by atoms with E-state index in [0.717, 1.165) is 18.4 Å². The van der Waals surface area contributed by atoms with Crippen molar-refractivity contribution in [3.05, 3.63) is 35.4 Å². The Balaban J connectivity index is 2.06. The summed E-state index contributed by atoms with van der Waals surface area (Å²) < 4.78 is 1.61. The maximum absolute atomic E-state index is 12.8. The van der Waals surface area contributed by atoms with Crippen molar-refractivity contribution >= 4 is 23.9 Å². The van der Waals surface area contributed by atoms with Gasteiger partial charge in [-0.15, -0.1) is 0 Å². The number of piperidine rings is 1. The molecule has 0 saturated carbocycles. The van der Waals surface area contributed by atoms with E-state index in [1.165, 1.54) is 16.8 Å². The summed E-state index contributed by atoms with van der Waals surface area (Å²) in [7, 11) is 0. The summed E-state index contributed by atoms with van der Waals surface area (Å²) in [6.45, 7) is 2.77. The summed E-state index contributed by atoms with van der Waals surface area (Å²) >= 11 is 1.33. The van der Waals surface area contributed by atoms with Gasteiger partial charge < -0.3 is 5.11 Å². The van der Waals surface area contributed by atoms with Crippen molar-refractivity contribution in [1.29, 1.82) is 5.26 Å². The van der Waals surface area contributed by atoms with E-state index >= 15 is 0 Å². The Bertz CT molecular complexity index is 644. The summed E-state index contributed by atoms with van der Waals surface area (Å²) in [6, 6.07) is 8.84. The number of nitrogens with zero attached hydrogens (tertiary/aromatic N) is 3. The minimum absolute atomic E-state index is 0.168. The van der Waals surface area contributed by atoms with Crippen LogP contribution >= 0.6 is 11.9 Å². The molecule has 1 aliphatic heterocycles. The van der Waals surface area contributed by atoms with Crippen LogP contribution in [0.5, 0.6) is 0 Å². The van der Waals surface area contributed by atoms with Gasteiger partial charge >= 0.3 is 6.09 Å². The molecule has 1 heterocycles. The van der Waals surface area contributed by atoms with Gasteiger partial charge in [-0.1, -0.05) is 18.2 Å². The van der Waals surface area contributed by atoms with E-state index in [4.69, 9.17) is 5.26 Å². The summed E-state index contributed by atoms with van der Waals surface area (Å²) in [5.41, 5.74) is 1.47. The topological polar surface area (TPSA) is 84.6 Å². The van der Waals surface area contributed by atoms with Crippen LogP contribution in [0.1, 0.15) is 37.3 Å². The molecule has 7 heteroatoms. The number of nitriles is 1. The van der Waals surface area contributed by atoms with Crippen LogP contribution in [-0.4, -0.2) is 45.4 Å². The molecule has 0 spiro atoms. The first kappa shape index (κ1) is 18.1. The lowest BCUT2D eigenvalue weighted by Gasteiger charge is -2.35. The fraction of sp³-hybridized carbons (Fsp3) is 0.471. The van der Waals surface area contributed by atoms with Gasteiger partial charge in [0.15, 0.2) is 0 Å². The van der Waals surface area contributed by atoms with Gasteiger partial charge in [0.2, 0.25) is 0 Å². The predicted octanol–water partition coefficient (Wildman–Crippen LogP) is 3.09. The van der Waals surface area contributed by atoms with E-state index in [2.05, 4.69) is 6.07 Å². The molecular weight excluding hydrogens is 326 g/mol. The van der Waals surface area contributed by atoms with Gasteiger partial charge in [0.25, 0.3) is 5.91 Å². The van der Waals surface area contributed by atoms with E-state index in [-0.39, 0.29) is 5.91 Å². The molecule has 2 amide bonds. The van der Waals surface area contributed by atoms with Crippen LogP contribution in [0.25, 0.3) is 0 Å². The Morgan fingerprint density at radius 3 is 2.83 bits per heavy atom. The first-order valence-corrected chi connectivity index (χ1v) is 8.94. The van der Waals surface area contributed by atoms with Gasteiger partial charge in [0, 0.05) is 18.8 Å². The van der Waals surface area contributed by atoms with E-state index in [1.54, 1.807) is 10.4 Å². The molecule has 6 nitrogen and oxygen atoms in total. The second-order valence-electron chi connectivity index (χ2n) is 5.56. The number of carboxylic acid groups (broad SMARTS) is 1. The molecule has 0 aromatic heterocycles. The van der Waals surface area contributed by atoms with Gasteiger partial charge in [-0.2, -0.15) is 5.26 Å². The van der Waals surface area contributed by atoms with Crippen molar-refractivity contribution in [2.75, 3.05) is 13.1 Å². The number of rotatable bonds is 5. The first-order chi connectivity index (χ1) is 11.6. The maximum Gasteiger partial charge on any atom is 0.407 e. The number of hydrogen-bond donors (Lipinski definition) is 1. The third-order valence-electron chi connectivity index (χ3n) is 4.08. The van der Waals surface area contributed by atoms with Crippen molar-refractivity contribution in [1.82, 2.24) is 9.21 Å². The molecule has 128 valence electrons. The van der Waals surface area contributed by atoms with Crippen LogP contribution in [0.2, 0.25) is 0 Å². The lowest BCUT2D eigenvalue weighted by molar-refractivity contribution is -0.132. The normalized spacial score (nSPS) is 17.2. The summed E-state index contributed by atoms with van der Waals surface area (Å²) in [5, 5.41) is 18.4. The number of benzene rings is 1. The van der Waals surface area contributed by atoms with Gasteiger partial charge in [-0.25, -0.2) is 4.79 Å². The molecule has 1 aromatic carbocycles. The predicted molar refractivity (Wildman–Crippen MR) is 92.2 cm³/mol. The fourth-order valence-corrected chi connectivity index (χ4v) is 3.78. The average molecular weight is 347 g/mol. The number of amides is 2. The molecule has 0 aliphatic carbocycles. The second-order valence-corrected chi connectivity index (χ2v) is 6.55. The largest absolute Gasteiger partial charge is 0.465 e. The van der Waals surface area contributed by atoms with Crippen LogP contribution in [0.15, 0.2) is 24.3 Å². The van der Waals surface area contributed by atoms with Crippen LogP contribution < -0.4 is 0 Å². The molecule has 24 heavy (non-hydrogen) atoms. The molecule has 1 aliphatic rings. The van der Waals surface area contributed by atoms with Crippen molar-refractivity contribution < 1.29 is 14.7 Å². The highest BCUT2D eigenvalue weighted by atomic mass is 32.2. The Hall–Kier alpha value is -2.20. The molecular formula is C17H21N3O3S. The molecule has 0 bridgehead atoms. The highest BCUT2D eigenvalue weighted by molar-refractivity contribution is 7.96. The van der Waals surface area contributed by atoms with Crippen LogP contribution in [0.4, 0.5) is 4.79 Å². The maximum atomic E-state index is 12.8. The first-order valence-electron chi connectivity index (χ1n) is 8.00. The van der Waals surface area contributed by atoms with E-state index in [1.807, 2.05) is 25.1 Å². The van der Waals surface area contributed by atoms with E-state index in [9.17, 15) is 14.7 Å². The molecule has 1 saturated heterocycles. The zero-order valence-electron chi connectivity index (χ0n) is 13.6. The van der Waals surface area contributed by atoms with Crippen molar-refractivity contribution in [2.24, 2.45) is 0 Å². The number of carbonyl (C=O) groups excluding carboxylic acids is 1. The zero-order valence-corrected chi connectivity index (χ0v) is 14.5. The molecule has 1 N–H and O–H groups in total. The highest BCUT2D eigenvalue weighted by Crippen LogP contribution is 2.25. The molecule has 1 atom stereocenters. The van der Waals surface area contributed by atoms with E-state index < -0.39 is 12.1 Å². The quantitative estimate of drug-likeness (QED) is 0.827. The highest BCUT2D eigenvalue weighted by Gasteiger charge is 2.34. The lowest BCUT2D eigenvalue weighted by Crippen LogP contribution is -2.51. The third-order valence-corrected chi connectivity index (χ3v) is 5.27. The van der Waals surface area contributed by atoms with Crippen molar-refractivity contribution in [3.8, 4) is 6.07 Å². The summed E-state index contributed by atoms with van der Waals surface area (Å²) in [5.74, 6) is 0.336.